The molecule has 1 aromatic carbocycles. The van der Waals surface area contributed by atoms with E-state index in [1.165, 1.54) is 0 Å². The average Bonchev–Trinajstić information content (AvgIpc) is 2.95. The molecule has 0 bridgehead atoms. The molecule has 1 saturated heterocycles. The Hall–Kier alpha value is -1.91. The van der Waals surface area contributed by atoms with Gasteiger partial charge in [-0.05, 0) is 38.5 Å². The van der Waals surface area contributed by atoms with Crippen molar-refractivity contribution < 1.29 is 27.4 Å². The van der Waals surface area contributed by atoms with Crippen LogP contribution in [-0.4, -0.2) is 47.9 Å². The maximum Gasteiger partial charge on any atom is 0.416 e. The molecule has 154 valence electrons. The third-order valence-electron chi connectivity index (χ3n) is 4.01. The van der Waals surface area contributed by atoms with E-state index in [2.05, 4.69) is 10.3 Å². The van der Waals surface area contributed by atoms with Crippen LogP contribution in [0.4, 0.5) is 23.1 Å². The Kier molecular flexibility index (Phi) is 5.83. The van der Waals surface area contributed by atoms with Gasteiger partial charge in [0.2, 0.25) is 0 Å². The minimum atomic E-state index is -4.46. The molecule has 10 heteroatoms. The second-order valence-electron chi connectivity index (χ2n) is 7.51. The third-order valence-corrected chi connectivity index (χ3v) is 4.92. The van der Waals surface area contributed by atoms with Gasteiger partial charge in [-0.3, -0.25) is 10.2 Å². The highest BCUT2D eigenvalue weighted by atomic mass is 32.1. The SMILES string of the molecule is CC(C)(C)OC(=O)Nc1nc2c(CN3CCOCC3)cc(C(F)(F)F)cc2s1. The number of hydrogen-bond donors (Lipinski definition) is 1. The molecule has 0 unspecified atom stereocenters. The van der Waals surface area contributed by atoms with Crippen molar-refractivity contribution in [3.63, 3.8) is 0 Å². The van der Waals surface area contributed by atoms with Crippen LogP contribution < -0.4 is 5.32 Å². The van der Waals surface area contributed by atoms with Crippen molar-refractivity contribution in [2.45, 2.75) is 39.1 Å². The molecule has 1 fully saturated rings. The second kappa shape index (κ2) is 7.84. The van der Waals surface area contributed by atoms with Crippen LogP contribution >= 0.6 is 11.3 Å². The van der Waals surface area contributed by atoms with Gasteiger partial charge in [0.15, 0.2) is 5.13 Å². The minimum Gasteiger partial charge on any atom is -0.444 e. The Morgan fingerprint density at radius 1 is 1.29 bits per heavy atom. The lowest BCUT2D eigenvalue weighted by atomic mass is 10.1. The molecule has 0 radical (unpaired) electrons. The van der Waals surface area contributed by atoms with Gasteiger partial charge in [-0.25, -0.2) is 9.78 Å². The maximum atomic E-state index is 13.3. The van der Waals surface area contributed by atoms with Crippen molar-refractivity contribution in [3.05, 3.63) is 23.3 Å². The van der Waals surface area contributed by atoms with Crippen LogP contribution in [0.3, 0.4) is 0 Å². The number of morpholine rings is 1. The first kappa shape index (κ1) is 20.8. The highest BCUT2D eigenvalue weighted by Gasteiger charge is 2.32. The highest BCUT2D eigenvalue weighted by Crippen LogP contribution is 2.37. The zero-order valence-electron chi connectivity index (χ0n) is 15.9. The Morgan fingerprint density at radius 2 is 1.96 bits per heavy atom. The third kappa shape index (κ3) is 5.33. The molecule has 0 atom stereocenters. The number of thiazole rings is 1. The first-order valence-corrected chi connectivity index (χ1v) is 9.64. The number of rotatable bonds is 3. The molecule has 1 aromatic heterocycles. The number of hydrogen-bond acceptors (Lipinski definition) is 6. The molecule has 1 aliphatic heterocycles. The average molecular weight is 417 g/mol. The molecular formula is C18H22F3N3O3S. The molecule has 6 nitrogen and oxygen atoms in total. The van der Waals surface area contributed by atoms with Gasteiger partial charge in [0.1, 0.15) is 5.60 Å². The van der Waals surface area contributed by atoms with E-state index in [1.807, 2.05) is 4.90 Å². The summed E-state index contributed by atoms with van der Waals surface area (Å²) in [5, 5.41) is 2.71. The van der Waals surface area contributed by atoms with E-state index in [0.717, 1.165) is 23.5 Å². The number of halogens is 3. The predicted octanol–water partition coefficient (Wildman–Crippen LogP) is 4.49. The molecule has 1 aliphatic rings. The molecule has 0 aliphatic carbocycles. The Morgan fingerprint density at radius 3 is 2.57 bits per heavy atom. The number of ether oxygens (including phenoxy) is 2. The van der Waals surface area contributed by atoms with Crippen molar-refractivity contribution in [2.75, 3.05) is 31.6 Å². The first-order chi connectivity index (χ1) is 13.0. The summed E-state index contributed by atoms with van der Waals surface area (Å²) >= 11 is 0.992. The summed E-state index contributed by atoms with van der Waals surface area (Å²) in [4.78, 5) is 18.3. The molecule has 0 spiro atoms. The Bertz CT molecular complexity index is 855. The molecule has 1 N–H and O–H groups in total. The number of alkyl halides is 3. The number of aromatic nitrogens is 1. The van der Waals surface area contributed by atoms with Crippen LogP contribution in [0.2, 0.25) is 0 Å². The summed E-state index contributed by atoms with van der Waals surface area (Å²) in [7, 11) is 0. The van der Waals surface area contributed by atoms with Gasteiger partial charge in [0.05, 0.1) is 29.0 Å². The van der Waals surface area contributed by atoms with Gasteiger partial charge in [-0.1, -0.05) is 11.3 Å². The molecular weight excluding hydrogens is 395 g/mol. The van der Waals surface area contributed by atoms with E-state index in [1.54, 1.807) is 20.8 Å². The quantitative estimate of drug-likeness (QED) is 0.797. The lowest BCUT2D eigenvalue weighted by molar-refractivity contribution is -0.137. The van der Waals surface area contributed by atoms with Crippen molar-refractivity contribution in [1.82, 2.24) is 9.88 Å². The van der Waals surface area contributed by atoms with Crippen LogP contribution in [0.25, 0.3) is 10.2 Å². The van der Waals surface area contributed by atoms with Gasteiger partial charge in [-0.15, -0.1) is 0 Å². The van der Waals surface area contributed by atoms with Crippen molar-refractivity contribution in [1.29, 1.82) is 0 Å². The van der Waals surface area contributed by atoms with Gasteiger partial charge < -0.3 is 9.47 Å². The molecule has 28 heavy (non-hydrogen) atoms. The van der Waals surface area contributed by atoms with E-state index < -0.39 is 23.4 Å². The summed E-state index contributed by atoms with van der Waals surface area (Å²) in [5.74, 6) is 0. The predicted molar refractivity (Wildman–Crippen MR) is 101 cm³/mol. The van der Waals surface area contributed by atoms with E-state index in [4.69, 9.17) is 9.47 Å². The van der Waals surface area contributed by atoms with Crippen molar-refractivity contribution in [2.24, 2.45) is 0 Å². The number of nitrogens with zero attached hydrogens (tertiary/aromatic N) is 2. The van der Waals surface area contributed by atoms with Crippen LogP contribution in [0.5, 0.6) is 0 Å². The van der Waals surface area contributed by atoms with Gasteiger partial charge >= 0.3 is 12.3 Å². The lowest BCUT2D eigenvalue weighted by Gasteiger charge is -2.26. The number of carbonyl (C=O) groups excluding carboxylic acids is 1. The number of amides is 1. The number of nitrogens with one attached hydrogen (secondary N) is 1. The van der Waals surface area contributed by atoms with Crippen LogP contribution in [0, 0.1) is 0 Å². The van der Waals surface area contributed by atoms with Crippen molar-refractivity contribution in [3.8, 4) is 0 Å². The van der Waals surface area contributed by atoms with Crippen LogP contribution in [-0.2, 0) is 22.2 Å². The normalized spacial score (nSPS) is 16.4. The number of anilines is 1. The number of fused-ring (bicyclic) bond motifs is 1. The van der Waals surface area contributed by atoms with E-state index >= 15 is 0 Å². The van der Waals surface area contributed by atoms with Gasteiger partial charge in [-0.2, -0.15) is 13.2 Å². The minimum absolute atomic E-state index is 0.201. The fourth-order valence-corrected chi connectivity index (χ4v) is 3.77. The van der Waals surface area contributed by atoms with E-state index in [9.17, 15) is 18.0 Å². The summed E-state index contributed by atoms with van der Waals surface area (Å²) in [6.07, 6.45) is -5.16. The Labute approximate surface area is 164 Å². The van der Waals surface area contributed by atoms with E-state index in [0.29, 0.717) is 48.6 Å². The standard InChI is InChI=1S/C18H22F3N3O3S/c1-17(2,3)27-16(25)23-15-22-14-11(10-24-4-6-26-7-5-24)8-12(18(19,20)21)9-13(14)28-15/h8-9H,4-7,10H2,1-3H3,(H,22,23,25). The summed E-state index contributed by atoms with van der Waals surface area (Å²) in [5.41, 5.74) is -0.488. The molecule has 1 amide bonds. The number of carbonyl (C=O) groups is 1. The zero-order chi connectivity index (χ0) is 20.5. The van der Waals surface area contributed by atoms with Crippen molar-refractivity contribution >= 4 is 32.8 Å². The lowest BCUT2D eigenvalue weighted by Crippen LogP contribution is -2.35. The zero-order valence-corrected chi connectivity index (χ0v) is 16.7. The fourth-order valence-electron chi connectivity index (χ4n) is 2.83. The summed E-state index contributed by atoms with van der Waals surface area (Å²) < 4.78 is 50.9. The number of benzene rings is 1. The molecule has 3 rings (SSSR count). The largest absolute Gasteiger partial charge is 0.444 e. The summed E-state index contributed by atoms with van der Waals surface area (Å²) in [6, 6.07) is 2.20. The smallest absolute Gasteiger partial charge is 0.416 e. The van der Waals surface area contributed by atoms with Gasteiger partial charge in [0, 0.05) is 19.6 Å². The first-order valence-electron chi connectivity index (χ1n) is 8.82. The summed E-state index contributed by atoms with van der Waals surface area (Å²) in [6.45, 7) is 7.88. The van der Waals surface area contributed by atoms with E-state index in [-0.39, 0.29) is 5.13 Å². The van der Waals surface area contributed by atoms with Crippen LogP contribution in [0.15, 0.2) is 12.1 Å². The topological polar surface area (TPSA) is 63.7 Å². The second-order valence-corrected chi connectivity index (χ2v) is 8.54. The monoisotopic (exact) mass is 417 g/mol. The van der Waals surface area contributed by atoms with Gasteiger partial charge in [0.25, 0.3) is 0 Å². The molecule has 2 aromatic rings. The Balaban J connectivity index is 1.92. The highest BCUT2D eigenvalue weighted by molar-refractivity contribution is 7.22. The maximum absolute atomic E-state index is 13.3. The molecule has 0 saturated carbocycles. The van der Waals surface area contributed by atoms with Crippen LogP contribution in [0.1, 0.15) is 31.9 Å². The fraction of sp³-hybridized carbons (Fsp3) is 0.556. The molecule has 2 heterocycles.